The predicted molar refractivity (Wildman–Crippen MR) is 131 cm³/mol. The third kappa shape index (κ3) is 4.06. The maximum atomic E-state index is 15.8. The largest absolute Gasteiger partial charge is 0.363 e. The van der Waals surface area contributed by atoms with Gasteiger partial charge in [-0.25, -0.2) is 4.39 Å². The zero-order valence-electron chi connectivity index (χ0n) is 19.4. The Morgan fingerprint density at radius 2 is 1.89 bits per heavy atom. The molecular weight excluding hydrogens is 481 g/mol. The van der Waals surface area contributed by atoms with Crippen LogP contribution in [0.25, 0.3) is 0 Å². The van der Waals surface area contributed by atoms with Crippen LogP contribution in [0.4, 0.5) is 4.39 Å². The first-order valence-electron chi connectivity index (χ1n) is 11.9. The molecule has 182 valence electrons. The lowest BCUT2D eigenvalue weighted by Gasteiger charge is -2.34. The van der Waals surface area contributed by atoms with Crippen molar-refractivity contribution in [1.29, 1.82) is 5.26 Å². The molecule has 0 radical (unpaired) electrons. The fraction of sp³-hybridized carbons (Fsp3) is 0.286. The molecule has 5 rings (SSSR count). The lowest BCUT2D eigenvalue weighted by atomic mass is 9.83. The van der Waals surface area contributed by atoms with Gasteiger partial charge >= 0.3 is 0 Å². The van der Waals surface area contributed by atoms with Crippen molar-refractivity contribution in [3.8, 4) is 6.07 Å². The Kier molecular flexibility index (Phi) is 6.33. The number of nitriles is 1. The van der Waals surface area contributed by atoms with E-state index in [1.165, 1.54) is 24.4 Å². The maximum Gasteiger partial charge on any atom is 0.257 e. The molecule has 1 fully saturated rings. The first-order chi connectivity index (χ1) is 17.3. The van der Waals surface area contributed by atoms with E-state index in [1.807, 2.05) is 6.07 Å². The van der Waals surface area contributed by atoms with Crippen molar-refractivity contribution in [3.63, 3.8) is 0 Å². The molecule has 1 amide bonds. The minimum Gasteiger partial charge on any atom is -0.363 e. The first-order valence-corrected chi connectivity index (χ1v) is 12.2. The highest BCUT2D eigenvalue weighted by Crippen LogP contribution is 2.45. The molecule has 3 aromatic rings. The number of benzene rings is 2. The van der Waals surface area contributed by atoms with Crippen LogP contribution >= 0.6 is 11.6 Å². The third-order valence-corrected chi connectivity index (χ3v) is 7.34. The van der Waals surface area contributed by atoms with Crippen molar-refractivity contribution >= 4 is 23.3 Å². The molecule has 1 aliphatic carbocycles. The lowest BCUT2D eigenvalue weighted by Crippen LogP contribution is -2.44. The number of aliphatic hydroxyl groups is 1. The lowest BCUT2D eigenvalue weighted by molar-refractivity contribution is -0.0567. The summed E-state index contributed by atoms with van der Waals surface area (Å²) in [5.41, 5.74) is -1.27. The van der Waals surface area contributed by atoms with Crippen LogP contribution in [-0.4, -0.2) is 26.7 Å². The fourth-order valence-electron chi connectivity index (χ4n) is 5.21. The second-order valence-electron chi connectivity index (χ2n) is 9.30. The number of nitrogens with zero attached hydrogens (tertiary/aromatic N) is 3. The topological polar surface area (TPSA) is 94.3 Å². The SMILES string of the molecule is N#Cc1ccc(CN2C(=O)c3cc(C(=O)C4CCCCC4)cc(F)c3C2(O)c2ccc(Cl)cc2)nc1. The molecule has 1 unspecified atom stereocenters. The molecule has 36 heavy (non-hydrogen) atoms. The fourth-order valence-corrected chi connectivity index (χ4v) is 5.34. The Hall–Kier alpha value is -3.60. The van der Waals surface area contributed by atoms with E-state index in [4.69, 9.17) is 16.9 Å². The molecule has 1 atom stereocenters. The smallest absolute Gasteiger partial charge is 0.257 e. The van der Waals surface area contributed by atoms with Gasteiger partial charge in [0.25, 0.3) is 5.91 Å². The van der Waals surface area contributed by atoms with Crippen molar-refractivity contribution in [2.75, 3.05) is 0 Å². The predicted octanol–water partition coefficient (Wildman–Crippen LogP) is 5.36. The monoisotopic (exact) mass is 503 g/mol. The number of hydrogen-bond donors (Lipinski definition) is 1. The second kappa shape index (κ2) is 9.45. The number of aromatic nitrogens is 1. The van der Waals surface area contributed by atoms with Crippen LogP contribution in [0.1, 0.15) is 75.2 Å². The van der Waals surface area contributed by atoms with Crippen molar-refractivity contribution in [1.82, 2.24) is 9.88 Å². The van der Waals surface area contributed by atoms with E-state index >= 15 is 4.39 Å². The molecule has 1 saturated carbocycles. The van der Waals surface area contributed by atoms with Gasteiger partial charge in [-0.2, -0.15) is 5.26 Å². The quantitative estimate of drug-likeness (QED) is 0.473. The summed E-state index contributed by atoms with van der Waals surface area (Å²) in [6, 6.07) is 13.8. The first kappa shape index (κ1) is 24.1. The summed E-state index contributed by atoms with van der Waals surface area (Å²) in [4.78, 5) is 32.2. The Labute approximate surface area is 213 Å². The summed E-state index contributed by atoms with van der Waals surface area (Å²) in [6.45, 7) is -0.149. The molecular formula is C28H23ClFN3O3. The zero-order chi connectivity index (χ0) is 25.4. The Morgan fingerprint density at radius 3 is 2.53 bits per heavy atom. The van der Waals surface area contributed by atoms with E-state index in [1.54, 1.807) is 24.3 Å². The van der Waals surface area contributed by atoms with Crippen molar-refractivity contribution in [2.45, 2.75) is 44.4 Å². The number of carbonyl (C=O) groups excluding carboxylic acids is 2. The van der Waals surface area contributed by atoms with E-state index in [9.17, 15) is 14.7 Å². The van der Waals surface area contributed by atoms with Crippen LogP contribution in [0.3, 0.4) is 0 Å². The van der Waals surface area contributed by atoms with Gasteiger partial charge in [0.15, 0.2) is 11.5 Å². The number of fused-ring (bicyclic) bond motifs is 1. The summed E-state index contributed by atoms with van der Waals surface area (Å²) in [5.74, 6) is -1.81. The number of halogens is 2. The minimum atomic E-state index is -2.15. The normalized spacial score (nSPS) is 19.7. The van der Waals surface area contributed by atoms with Gasteiger partial charge in [-0.05, 0) is 49.2 Å². The molecule has 1 aromatic heterocycles. The molecule has 0 saturated heterocycles. The van der Waals surface area contributed by atoms with Crippen molar-refractivity contribution < 1.29 is 19.1 Å². The number of rotatable bonds is 5. The summed E-state index contributed by atoms with van der Waals surface area (Å²) in [7, 11) is 0. The van der Waals surface area contributed by atoms with Crippen LogP contribution in [-0.2, 0) is 12.3 Å². The number of ketones is 1. The molecule has 2 aliphatic rings. The average molecular weight is 504 g/mol. The van der Waals surface area contributed by atoms with Gasteiger partial charge < -0.3 is 5.11 Å². The average Bonchev–Trinajstić information content (AvgIpc) is 3.12. The number of Topliss-reactive ketones (excluding diaryl/α,β-unsaturated/α-hetero) is 1. The minimum absolute atomic E-state index is 0.0553. The van der Waals surface area contributed by atoms with Gasteiger partial charge in [-0.15, -0.1) is 0 Å². The number of amides is 1. The van der Waals surface area contributed by atoms with E-state index in [0.29, 0.717) is 16.3 Å². The zero-order valence-corrected chi connectivity index (χ0v) is 20.1. The van der Waals surface area contributed by atoms with Crippen LogP contribution in [0, 0.1) is 23.1 Å². The van der Waals surface area contributed by atoms with Crippen molar-refractivity contribution in [3.05, 3.63) is 99.1 Å². The van der Waals surface area contributed by atoms with E-state index < -0.39 is 17.4 Å². The molecule has 1 N–H and O–H groups in total. The maximum absolute atomic E-state index is 15.8. The molecule has 2 heterocycles. The number of pyridine rings is 1. The summed E-state index contributed by atoms with van der Waals surface area (Å²) >= 11 is 6.04. The highest BCUT2D eigenvalue weighted by molar-refractivity contribution is 6.30. The standard InChI is InChI=1S/C28H23ClFN3O3/c29-21-9-7-20(8-10-21)28(36)25-23(27(35)33(28)16-22-11-6-17(14-31)15-32-22)12-19(13-24(25)30)26(34)18-4-2-1-3-5-18/h6-13,15,18,36H,1-5,16H2. The Balaban J connectivity index is 1.61. The third-order valence-electron chi connectivity index (χ3n) is 7.09. The van der Waals surface area contributed by atoms with Gasteiger partial charge in [0.1, 0.15) is 11.9 Å². The second-order valence-corrected chi connectivity index (χ2v) is 9.74. The van der Waals surface area contributed by atoms with Gasteiger partial charge in [0.05, 0.1) is 28.9 Å². The highest BCUT2D eigenvalue weighted by Gasteiger charge is 2.52. The molecule has 8 heteroatoms. The summed E-state index contributed by atoms with van der Waals surface area (Å²) in [5, 5.41) is 21.5. The molecule has 0 spiro atoms. The van der Waals surface area contributed by atoms with Gasteiger partial charge in [-0.1, -0.05) is 43.0 Å². The molecule has 2 aromatic carbocycles. The van der Waals surface area contributed by atoms with Crippen LogP contribution < -0.4 is 0 Å². The Bertz CT molecular complexity index is 1380. The molecule has 0 bridgehead atoms. The van der Waals surface area contributed by atoms with Crippen LogP contribution in [0.5, 0.6) is 0 Å². The van der Waals surface area contributed by atoms with Crippen LogP contribution in [0.15, 0.2) is 54.7 Å². The number of hydrogen-bond acceptors (Lipinski definition) is 5. The van der Waals surface area contributed by atoms with Gasteiger partial charge in [0.2, 0.25) is 0 Å². The van der Waals surface area contributed by atoms with E-state index in [2.05, 4.69) is 4.98 Å². The van der Waals surface area contributed by atoms with Crippen molar-refractivity contribution in [2.24, 2.45) is 5.92 Å². The molecule has 6 nitrogen and oxygen atoms in total. The van der Waals surface area contributed by atoms with Crippen LogP contribution in [0.2, 0.25) is 5.02 Å². The summed E-state index contributed by atoms with van der Waals surface area (Å²) in [6.07, 6.45) is 5.83. The molecule has 1 aliphatic heterocycles. The highest BCUT2D eigenvalue weighted by atomic mass is 35.5. The van der Waals surface area contributed by atoms with E-state index in [-0.39, 0.29) is 40.5 Å². The Morgan fingerprint density at radius 1 is 1.17 bits per heavy atom. The van der Waals surface area contributed by atoms with Gasteiger partial charge in [0, 0.05) is 28.3 Å². The number of carbonyl (C=O) groups is 2. The summed E-state index contributed by atoms with van der Waals surface area (Å²) < 4.78 is 15.8. The van der Waals surface area contributed by atoms with E-state index in [0.717, 1.165) is 43.1 Å². The van der Waals surface area contributed by atoms with Gasteiger partial charge in [-0.3, -0.25) is 19.5 Å².